The second-order valence-electron chi connectivity index (χ2n) is 9.90. The number of benzene rings is 1. The molecule has 2 amide bonds. The standard InChI is InChI=1S/C28H27F3IN5O3/c1-15-4-3-5-21(19-12-17(8-10-33-19)26-20(35-27(15)39)14-34-36(26)2)37-11-9-16(13-23(37)38)24-22(40-28(30)31)7-6-18(32)25(24)29/h6-8,10,12-15,21,28H,3-5,9,11H2,1-2H3,(H,35,39)/t15-,21+/m1/s1. The summed E-state index contributed by atoms with van der Waals surface area (Å²) in [4.78, 5) is 32.7. The molecule has 0 saturated carbocycles. The van der Waals surface area contributed by atoms with Crippen molar-refractivity contribution in [2.24, 2.45) is 13.0 Å². The molecule has 4 heterocycles. The summed E-state index contributed by atoms with van der Waals surface area (Å²) in [6.45, 7) is -1.04. The van der Waals surface area contributed by atoms with E-state index in [1.54, 1.807) is 51.6 Å². The van der Waals surface area contributed by atoms with Crippen LogP contribution in [0.3, 0.4) is 0 Å². The minimum atomic E-state index is -3.13. The Bertz CT molecular complexity index is 1490. The van der Waals surface area contributed by atoms with Crippen molar-refractivity contribution < 1.29 is 27.5 Å². The van der Waals surface area contributed by atoms with E-state index in [0.717, 1.165) is 11.3 Å². The van der Waals surface area contributed by atoms with E-state index in [1.165, 1.54) is 18.2 Å². The first-order chi connectivity index (χ1) is 19.1. The molecule has 5 rings (SSSR count). The van der Waals surface area contributed by atoms with Crippen molar-refractivity contribution in [3.8, 4) is 17.0 Å². The Labute approximate surface area is 242 Å². The van der Waals surface area contributed by atoms with E-state index in [-0.39, 0.29) is 45.6 Å². The van der Waals surface area contributed by atoms with Gasteiger partial charge in [-0.1, -0.05) is 13.3 Å². The number of pyridine rings is 1. The summed E-state index contributed by atoms with van der Waals surface area (Å²) in [5.74, 6) is -1.76. The van der Waals surface area contributed by atoms with Gasteiger partial charge in [-0.25, -0.2) is 4.39 Å². The van der Waals surface area contributed by atoms with Gasteiger partial charge in [0.15, 0.2) is 0 Å². The summed E-state index contributed by atoms with van der Waals surface area (Å²) in [6, 6.07) is 5.95. The predicted molar refractivity (Wildman–Crippen MR) is 151 cm³/mol. The van der Waals surface area contributed by atoms with E-state index in [0.29, 0.717) is 36.2 Å². The van der Waals surface area contributed by atoms with Gasteiger partial charge in [0.1, 0.15) is 11.6 Å². The van der Waals surface area contributed by atoms with Gasteiger partial charge in [-0.15, -0.1) is 0 Å². The lowest BCUT2D eigenvalue weighted by atomic mass is 9.93. The number of aromatic nitrogens is 3. The molecule has 0 spiro atoms. The molecule has 2 bridgehead atoms. The smallest absolute Gasteiger partial charge is 0.387 e. The Balaban J connectivity index is 1.52. The van der Waals surface area contributed by atoms with Crippen LogP contribution < -0.4 is 10.1 Å². The first kappa shape index (κ1) is 28.1. The highest BCUT2D eigenvalue weighted by molar-refractivity contribution is 14.1. The number of alkyl halides is 2. The van der Waals surface area contributed by atoms with Gasteiger partial charge in [-0.2, -0.15) is 13.9 Å². The number of nitrogens with one attached hydrogen (secondary N) is 1. The molecule has 0 fully saturated rings. The number of nitrogens with zero attached hydrogens (tertiary/aromatic N) is 4. The zero-order valence-electron chi connectivity index (χ0n) is 21.8. The van der Waals surface area contributed by atoms with Gasteiger partial charge in [0, 0.05) is 40.9 Å². The van der Waals surface area contributed by atoms with Crippen molar-refractivity contribution in [2.45, 2.75) is 45.3 Å². The minimum Gasteiger partial charge on any atom is -0.434 e. The Kier molecular flexibility index (Phi) is 8.15. The van der Waals surface area contributed by atoms with Crippen molar-refractivity contribution in [3.63, 3.8) is 0 Å². The van der Waals surface area contributed by atoms with Gasteiger partial charge >= 0.3 is 6.61 Å². The van der Waals surface area contributed by atoms with Crippen molar-refractivity contribution in [1.29, 1.82) is 0 Å². The highest BCUT2D eigenvalue weighted by atomic mass is 127. The van der Waals surface area contributed by atoms with E-state index in [2.05, 4.69) is 20.1 Å². The fourth-order valence-corrected chi connectivity index (χ4v) is 5.75. The van der Waals surface area contributed by atoms with Crippen LogP contribution in [0.5, 0.6) is 5.75 Å². The molecule has 8 nitrogen and oxygen atoms in total. The molecular weight excluding hydrogens is 638 g/mol. The molecule has 2 aliphatic heterocycles. The lowest BCUT2D eigenvalue weighted by Gasteiger charge is -2.34. The van der Waals surface area contributed by atoms with Gasteiger partial charge < -0.3 is 15.0 Å². The lowest BCUT2D eigenvalue weighted by Crippen LogP contribution is -2.38. The molecular formula is C28H27F3IN5O3. The van der Waals surface area contributed by atoms with Crippen LogP contribution in [0.25, 0.3) is 16.8 Å². The highest BCUT2D eigenvalue weighted by Gasteiger charge is 2.32. The number of aryl methyl sites for hydroxylation is 1. The number of ether oxygens (including phenoxy) is 1. The average Bonchev–Trinajstić information content (AvgIpc) is 3.28. The zero-order chi connectivity index (χ0) is 28.6. The second-order valence-corrected chi connectivity index (χ2v) is 11.1. The monoisotopic (exact) mass is 665 g/mol. The Hall–Kier alpha value is -3.42. The van der Waals surface area contributed by atoms with Gasteiger partial charge in [-0.05, 0) is 71.7 Å². The third-order valence-electron chi connectivity index (χ3n) is 7.33. The summed E-state index contributed by atoms with van der Waals surface area (Å²) < 4.78 is 47.7. The fourth-order valence-electron chi connectivity index (χ4n) is 5.31. The van der Waals surface area contributed by atoms with Crippen LogP contribution in [0.15, 0.2) is 42.7 Å². The number of anilines is 1. The van der Waals surface area contributed by atoms with Gasteiger partial charge in [-0.3, -0.25) is 19.3 Å². The molecule has 210 valence electrons. The topological polar surface area (TPSA) is 89.3 Å². The van der Waals surface area contributed by atoms with Crippen LogP contribution in [0.2, 0.25) is 0 Å². The third kappa shape index (κ3) is 5.58. The predicted octanol–water partition coefficient (Wildman–Crippen LogP) is 5.94. The minimum absolute atomic E-state index is 0.108. The number of hydrogen-bond acceptors (Lipinski definition) is 5. The molecule has 2 aromatic heterocycles. The van der Waals surface area contributed by atoms with Crippen molar-refractivity contribution in [2.75, 3.05) is 11.9 Å². The molecule has 0 radical (unpaired) electrons. The zero-order valence-corrected chi connectivity index (χ0v) is 24.0. The first-order valence-electron chi connectivity index (χ1n) is 12.9. The molecule has 12 heteroatoms. The number of halogens is 4. The van der Waals surface area contributed by atoms with Gasteiger partial charge in [0.25, 0.3) is 0 Å². The van der Waals surface area contributed by atoms with Crippen LogP contribution in [0.4, 0.5) is 18.9 Å². The normalized spacial score (nSPS) is 19.9. The Morgan fingerprint density at radius 3 is 2.75 bits per heavy atom. The SMILES string of the molecule is C[C@@H]1CCC[C@H](N2CCC(c3c(OC(F)F)ccc(I)c3F)=CC2=O)c2cc(ccn2)-c2c(cnn2C)NC1=O. The number of fused-ring (bicyclic) bond motifs is 4. The molecule has 2 aliphatic rings. The van der Waals surface area contributed by atoms with Crippen LogP contribution in [0.1, 0.15) is 49.9 Å². The summed E-state index contributed by atoms with van der Waals surface area (Å²) in [7, 11) is 1.79. The van der Waals surface area contributed by atoms with Crippen molar-refractivity contribution >= 4 is 45.7 Å². The summed E-state index contributed by atoms with van der Waals surface area (Å²) in [5, 5.41) is 7.30. The molecule has 1 N–H and O–H groups in total. The first-order valence-corrected chi connectivity index (χ1v) is 14.0. The quantitative estimate of drug-likeness (QED) is 0.349. The molecule has 1 aromatic carbocycles. The molecule has 3 aromatic rings. The van der Waals surface area contributed by atoms with E-state index < -0.39 is 18.5 Å². The molecule has 0 aliphatic carbocycles. The van der Waals surface area contributed by atoms with E-state index in [4.69, 9.17) is 0 Å². The van der Waals surface area contributed by atoms with Crippen molar-refractivity contribution in [3.05, 3.63) is 63.4 Å². The fraction of sp³-hybridized carbons (Fsp3) is 0.357. The van der Waals surface area contributed by atoms with Crippen LogP contribution in [-0.2, 0) is 16.6 Å². The van der Waals surface area contributed by atoms with E-state index >= 15 is 4.39 Å². The van der Waals surface area contributed by atoms with E-state index in [9.17, 15) is 18.4 Å². The lowest BCUT2D eigenvalue weighted by molar-refractivity contribution is -0.129. The van der Waals surface area contributed by atoms with Crippen molar-refractivity contribution in [1.82, 2.24) is 19.7 Å². The third-order valence-corrected chi connectivity index (χ3v) is 8.16. The number of carbonyl (C=O) groups excluding carboxylic acids is 2. The maximum atomic E-state index is 15.1. The number of amides is 2. The molecule has 0 unspecified atom stereocenters. The van der Waals surface area contributed by atoms with Gasteiger partial charge in [0.05, 0.1) is 34.9 Å². The highest BCUT2D eigenvalue weighted by Crippen LogP contribution is 2.39. The average molecular weight is 665 g/mol. The largest absolute Gasteiger partial charge is 0.434 e. The second kappa shape index (κ2) is 11.6. The Morgan fingerprint density at radius 1 is 1.20 bits per heavy atom. The van der Waals surface area contributed by atoms with E-state index in [1.807, 2.05) is 19.1 Å². The summed E-state index contributed by atoms with van der Waals surface area (Å²) in [5.41, 5.74) is 2.95. The summed E-state index contributed by atoms with van der Waals surface area (Å²) in [6.07, 6.45) is 6.62. The maximum absolute atomic E-state index is 15.1. The molecule has 40 heavy (non-hydrogen) atoms. The number of rotatable bonds is 4. The molecule has 2 atom stereocenters. The van der Waals surface area contributed by atoms with Crippen LogP contribution in [0, 0.1) is 15.3 Å². The Morgan fingerprint density at radius 2 is 2.00 bits per heavy atom. The van der Waals surface area contributed by atoms with Crippen LogP contribution >= 0.6 is 22.6 Å². The maximum Gasteiger partial charge on any atom is 0.387 e. The van der Waals surface area contributed by atoms with Gasteiger partial charge in [0.2, 0.25) is 11.8 Å². The van der Waals surface area contributed by atoms with Crippen LogP contribution in [-0.4, -0.2) is 44.6 Å². The number of carbonyl (C=O) groups is 2. The summed E-state index contributed by atoms with van der Waals surface area (Å²) >= 11 is 1.78. The number of hydrogen-bond donors (Lipinski definition) is 1. The molecule has 0 saturated heterocycles.